The highest BCUT2D eigenvalue weighted by Gasteiger charge is 2.21. The molecule has 134 valence electrons. The van der Waals surface area contributed by atoms with Crippen LogP contribution >= 0.6 is 0 Å². The molecule has 1 atom stereocenters. The molecule has 26 heavy (non-hydrogen) atoms. The number of aryl methyl sites for hydroxylation is 1. The molecule has 1 aliphatic heterocycles. The molecule has 2 heterocycles. The number of nitriles is 1. The minimum absolute atomic E-state index is 0.0322. The Labute approximate surface area is 151 Å². The van der Waals surface area contributed by atoms with E-state index in [2.05, 4.69) is 15.3 Å². The third kappa shape index (κ3) is 3.60. The molecule has 0 saturated carbocycles. The van der Waals surface area contributed by atoms with Crippen LogP contribution < -0.4 is 10.9 Å². The Morgan fingerprint density at radius 2 is 2.08 bits per heavy atom. The zero-order chi connectivity index (χ0) is 18.7. The van der Waals surface area contributed by atoms with Gasteiger partial charge in [-0.25, -0.2) is 4.68 Å². The maximum absolute atomic E-state index is 12.1. The van der Waals surface area contributed by atoms with E-state index in [0.717, 1.165) is 28.9 Å². The van der Waals surface area contributed by atoms with Crippen molar-refractivity contribution in [1.29, 1.82) is 5.26 Å². The maximum Gasteiger partial charge on any atom is 0.286 e. The standard InChI is InChI=1S/C19H21N5O2/c1-23-10-15(14-5-3-13(12-25)4-6-14)7-16(11-23)22-18-9-21-24(2)19(26)17(18)8-20/h3-6,9,11,15,22,25H,7,10,12H2,1-2H3. The average molecular weight is 351 g/mol. The molecule has 0 fully saturated rings. The number of rotatable bonds is 4. The first-order valence-electron chi connectivity index (χ1n) is 8.36. The van der Waals surface area contributed by atoms with E-state index in [9.17, 15) is 15.2 Å². The van der Waals surface area contributed by atoms with Gasteiger partial charge in [0.15, 0.2) is 0 Å². The lowest BCUT2D eigenvalue weighted by molar-refractivity contribution is 0.282. The Kier molecular flexibility index (Phi) is 5.05. The minimum Gasteiger partial charge on any atom is -0.392 e. The highest BCUT2D eigenvalue weighted by Crippen LogP contribution is 2.30. The fourth-order valence-corrected chi connectivity index (χ4v) is 3.16. The first-order chi connectivity index (χ1) is 12.5. The predicted molar refractivity (Wildman–Crippen MR) is 98.3 cm³/mol. The van der Waals surface area contributed by atoms with Crippen molar-refractivity contribution in [3.63, 3.8) is 0 Å². The van der Waals surface area contributed by atoms with E-state index in [1.807, 2.05) is 43.6 Å². The summed E-state index contributed by atoms with van der Waals surface area (Å²) < 4.78 is 1.15. The van der Waals surface area contributed by atoms with Crippen LogP contribution in [0, 0.1) is 11.3 Å². The molecule has 0 saturated heterocycles. The predicted octanol–water partition coefficient (Wildman–Crippen LogP) is 1.52. The Morgan fingerprint density at radius 1 is 1.35 bits per heavy atom. The van der Waals surface area contributed by atoms with Crippen LogP contribution in [0.3, 0.4) is 0 Å². The van der Waals surface area contributed by atoms with Crippen LogP contribution in [-0.2, 0) is 13.7 Å². The molecule has 0 bridgehead atoms. The molecule has 1 unspecified atom stereocenters. The summed E-state index contributed by atoms with van der Waals surface area (Å²) in [7, 11) is 3.51. The number of likely N-dealkylation sites (N-methyl/N-ethyl adjacent to an activating group) is 1. The van der Waals surface area contributed by atoms with Gasteiger partial charge in [0.1, 0.15) is 11.6 Å². The number of hydrogen-bond acceptors (Lipinski definition) is 6. The topological polar surface area (TPSA) is 94.2 Å². The van der Waals surface area contributed by atoms with Crippen LogP contribution in [0.1, 0.15) is 29.0 Å². The summed E-state index contributed by atoms with van der Waals surface area (Å²) in [5, 5.41) is 25.7. The summed E-state index contributed by atoms with van der Waals surface area (Å²) in [6.45, 7) is 0.897. The molecule has 1 aliphatic rings. The number of benzene rings is 1. The van der Waals surface area contributed by atoms with Crippen molar-refractivity contribution in [2.45, 2.75) is 18.9 Å². The Morgan fingerprint density at radius 3 is 2.73 bits per heavy atom. The van der Waals surface area contributed by atoms with Crippen LogP contribution in [0.15, 0.2) is 47.2 Å². The van der Waals surface area contributed by atoms with Gasteiger partial charge < -0.3 is 15.3 Å². The number of hydrogen-bond donors (Lipinski definition) is 2. The molecule has 1 aromatic carbocycles. The van der Waals surface area contributed by atoms with Gasteiger partial charge in [-0.05, 0) is 17.5 Å². The third-order valence-electron chi connectivity index (χ3n) is 4.53. The van der Waals surface area contributed by atoms with Gasteiger partial charge in [0, 0.05) is 38.5 Å². The first-order valence-corrected chi connectivity index (χ1v) is 8.36. The van der Waals surface area contributed by atoms with Crippen molar-refractivity contribution in [2.75, 3.05) is 18.9 Å². The molecule has 7 nitrogen and oxygen atoms in total. The molecular weight excluding hydrogens is 330 g/mol. The van der Waals surface area contributed by atoms with E-state index in [1.54, 1.807) is 0 Å². The third-order valence-corrected chi connectivity index (χ3v) is 4.53. The normalized spacial score (nSPS) is 16.8. The van der Waals surface area contributed by atoms with Crippen molar-refractivity contribution in [1.82, 2.24) is 14.7 Å². The van der Waals surface area contributed by atoms with Crippen molar-refractivity contribution in [3.8, 4) is 6.07 Å². The van der Waals surface area contributed by atoms with Crippen molar-refractivity contribution in [3.05, 3.63) is 69.4 Å². The van der Waals surface area contributed by atoms with E-state index in [-0.39, 0.29) is 18.1 Å². The molecule has 0 spiro atoms. The molecule has 0 aliphatic carbocycles. The van der Waals surface area contributed by atoms with E-state index < -0.39 is 5.56 Å². The second kappa shape index (κ2) is 7.42. The van der Waals surface area contributed by atoms with Gasteiger partial charge in [-0.3, -0.25) is 4.79 Å². The van der Waals surface area contributed by atoms with Gasteiger partial charge in [-0.15, -0.1) is 0 Å². The van der Waals surface area contributed by atoms with E-state index in [0.29, 0.717) is 5.69 Å². The molecule has 7 heteroatoms. The number of allylic oxidation sites excluding steroid dienone is 1. The van der Waals surface area contributed by atoms with Crippen molar-refractivity contribution in [2.24, 2.45) is 7.05 Å². The molecule has 0 amide bonds. The van der Waals surface area contributed by atoms with Gasteiger partial charge in [-0.2, -0.15) is 10.4 Å². The molecule has 2 N–H and O–H groups in total. The smallest absolute Gasteiger partial charge is 0.286 e. The Bertz CT molecular complexity index is 924. The largest absolute Gasteiger partial charge is 0.392 e. The number of aliphatic hydroxyl groups excluding tert-OH is 1. The molecule has 2 aromatic rings. The second-order valence-electron chi connectivity index (χ2n) is 6.49. The number of nitrogens with zero attached hydrogens (tertiary/aromatic N) is 4. The lowest BCUT2D eigenvalue weighted by Crippen LogP contribution is -2.28. The van der Waals surface area contributed by atoms with Gasteiger partial charge in [0.05, 0.1) is 18.5 Å². The van der Waals surface area contributed by atoms with E-state index in [1.165, 1.54) is 18.8 Å². The summed E-state index contributed by atoms with van der Waals surface area (Å²) in [5.41, 5.74) is 3.05. The lowest BCUT2D eigenvalue weighted by atomic mass is 9.91. The highest BCUT2D eigenvalue weighted by atomic mass is 16.3. The van der Waals surface area contributed by atoms with Crippen LogP contribution in [0.2, 0.25) is 0 Å². The summed E-state index contributed by atoms with van der Waals surface area (Å²) in [6.07, 6.45) is 4.24. The van der Waals surface area contributed by atoms with E-state index in [4.69, 9.17) is 0 Å². The summed E-state index contributed by atoms with van der Waals surface area (Å²) >= 11 is 0. The molecule has 1 aromatic heterocycles. The minimum atomic E-state index is -0.418. The summed E-state index contributed by atoms with van der Waals surface area (Å²) in [5.74, 6) is 0.269. The first kappa shape index (κ1) is 17.7. The SMILES string of the molecule is CN1C=C(Nc2cnn(C)c(=O)c2C#N)CC(c2ccc(CO)cc2)C1. The van der Waals surface area contributed by atoms with Gasteiger partial charge in [0.2, 0.25) is 0 Å². The van der Waals surface area contributed by atoms with E-state index >= 15 is 0 Å². The Hall–Kier alpha value is -3.11. The monoisotopic (exact) mass is 351 g/mol. The molecule has 3 rings (SSSR count). The average Bonchev–Trinajstić information content (AvgIpc) is 2.65. The zero-order valence-electron chi connectivity index (χ0n) is 14.8. The van der Waals surface area contributed by atoms with Crippen molar-refractivity contribution < 1.29 is 5.11 Å². The van der Waals surface area contributed by atoms with Crippen LogP contribution in [0.4, 0.5) is 5.69 Å². The van der Waals surface area contributed by atoms with Crippen LogP contribution in [-0.4, -0.2) is 33.4 Å². The number of aromatic nitrogens is 2. The van der Waals surface area contributed by atoms with Crippen molar-refractivity contribution >= 4 is 5.69 Å². The van der Waals surface area contributed by atoms with Gasteiger partial charge in [-0.1, -0.05) is 24.3 Å². The fourth-order valence-electron chi connectivity index (χ4n) is 3.16. The number of nitrogens with one attached hydrogen (secondary N) is 1. The Balaban J connectivity index is 1.84. The number of aliphatic hydroxyl groups is 1. The molecular formula is C19H21N5O2. The maximum atomic E-state index is 12.1. The van der Waals surface area contributed by atoms with Gasteiger partial charge >= 0.3 is 0 Å². The molecule has 0 radical (unpaired) electrons. The number of anilines is 1. The lowest BCUT2D eigenvalue weighted by Gasteiger charge is -2.31. The van der Waals surface area contributed by atoms with Gasteiger partial charge in [0.25, 0.3) is 5.56 Å². The van der Waals surface area contributed by atoms with Crippen LogP contribution in [0.5, 0.6) is 0 Å². The zero-order valence-corrected chi connectivity index (χ0v) is 14.8. The fraction of sp³-hybridized carbons (Fsp3) is 0.316. The summed E-state index contributed by atoms with van der Waals surface area (Å²) in [4.78, 5) is 14.1. The second-order valence-corrected chi connectivity index (χ2v) is 6.49. The highest BCUT2D eigenvalue weighted by molar-refractivity contribution is 5.58. The summed E-state index contributed by atoms with van der Waals surface area (Å²) in [6, 6.07) is 9.89. The quantitative estimate of drug-likeness (QED) is 0.867. The van der Waals surface area contributed by atoms with Crippen LogP contribution in [0.25, 0.3) is 0 Å².